The molecular formula is C15H26N2O3. The maximum absolute atomic E-state index is 12.5. The van der Waals surface area contributed by atoms with E-state index in [0.717, 1.165) is 51.7 Å². The molecule has 2 rings (SSSR count). The van der Waals surface area contributed by atoms with Crippen molar-refractivity contribution in [1.29, 1.82) is 0 Å². The number of rotatable bonds is 3. The summed E-state index contributed by atoms with van der Waals surface area (Å²) >= 11 is 0. The van der Waals surface area contributed by atoms with Crippen LogP contribution in [0.1, 0.15) is 51.9 Å². The molecule has 2 heterocycles. The van der Waals surface area contributed by atoms with Gasteiger partial charge in [0.25, 0.3) is 0 Å². The first-order valence-electron chi connectivity index (χ1n) is 7.85. The summed E-state index contributed by atoms with van der Waals surface area (Å²) in [4.78, 5) is 27.1. The molecule has 0 aromatic rings. The number of carboxylic acids is 1. The molecule has 20 heavy (non-hydrogen) atoms. The van der Waals surface area contributed by atoms with Crippen LogP contribution in [0.5, 0.6) is 0 Å². The van der Waals surface area contributed by atoms with Crippen LogP contribution in [-0.4, -0.2) is 52.6 Å². The lowest BCUT2D eigenvalue weighted by Gasteiger charge is -2.40. The van der Waals surface area contributed by atoms with E-state index in [1.54, 1.807) is 0 Å². The fraction of sp³-hybridized carbons (Fsp3) is 0.867. The Morgan fingerprint density at radius 3 is 2.40 bits per heavy atom. The SMILES string of the molecule is CC1CCCCN1C(=O)N1CCC(CCC(=O)O)CC1. The van der Waals surface area contributed by atoms with Gasteiger partial charge in [-0.3, -0.25) is 4.79 Å². The Kier molecular flexibility index (Phi) is 5.26. The third-order valence-electron chi connectivity index (χ3n) is 4.70. The normalized spacial score (nSPS) is 24.8. The van der Waals surface area contributed by atoms with Gasteiger partial charge >= 0.3 is 12.0 Å². The van der Waals surface area contributed by atoms with Gasteiger partial charge in [0.2, 0.25) is 0 Å². The smallest absolute Gasteiger partial charge is 0.320 e. The molecule has 0 aliphatic carbocycles. The molecule has 0 radical (unpaired) electrons. The molecular weight excluding hydrogens is 256 g/mol. The van der Waals surface area contributed by atoms with E-state index in [4.69, 9.17) is 5.11 Å². The Morgan fingerprint density at radius 2 is 1.80 bits per heavy atom. The maximum atomic E-state index is 12.5. The van der Waals surface area contributed by atoms with Gasteiger partial charge in [-0.2, -0.15) is 0 Å². The highest BCUT2D eigenvalue weighted by Gasteiger charge is 2.30. The first kappa shape index (κ1) is 15.1. The Labute approximate surface area is 120 Å². The van der Waals surface area contributed by atoms with Gasteiger partial charge in [-0.25, -0.2) is 4.79 Å². The van der Waals surface area contributed by atoms with E-state index >= 15 is 0 Å². The lowest BCUT2D eigenvalue weighted by molar-refractivity contribution is -0.137. The molecule has 2 aliphatic heterocycles. The molecule has 0 bridgehead atoms. The van der Waals surface area contributed by atoms with E-state index in [-0.39, 0.29) is 12.5 Å². The second kappa shape index (κ2) is 6.95. The summed E-state index contributed by atoms with van der Waals surface area (Å²) in [5.41, 5.74) is 0. The van der Waals surface area contributed by atoms with Crippen LogP contribution in [-0.2, 0) is 4.79 Å². The van der Waals surface area contributed by atoms with Crippen molar-refractivity contribution >= 4 is 12.0 Å². The van der Waals surface area contributed by atoms with Crippen molar-refractivity contribution in [1.82, 2.24) is 9.80 Å². The van der Waals surface area contributed by atoms with Crippen LogP contribution < -0.4 is 0 Å². The molecule has 0 saturated carbocycles. The zero-order valence-electron chi connectivity index (χ0n) is 12.4. The monoisotopic (exact) mass is 282 g/mol. The highest BCUT2D eigenvalue weighted by Crippen LogP contribution is 2.24. The summed E-state index contributed by atoms with van der Waals surface area (Å²) in [6, 6.07) is 0.551. The Bertz CT molecular complexity index is 351. The first-order chi connectivity index (χ1) is 9.58. The van der Waals surface area contributed by atoms with Gasteiger partial charge < -0.3 is 14.9 Å². The maximum Gasteiger partial charge on any atom is 0.320 e. The zero-order valence-corrected chi connectivity index (χ0v) is 12.4. The van der Waals surface area contributed by atoms with Crippen molar-refractivity contribution < 1.29 is 14.7 Å². The predicted octanol–water partition coefficient (Wildman–Crippen LogP) is 2.56. The molecule has 1 N–H and O–H groups in total. The van der Waals surface area contributed by atoms with Gasteiger partial charge in [0, 0.05) is 32.1 Å². The molecule has 1 atom stereocenters. The number of piperidine rings is 2. The van der Waals surface area contributed by atoms with Gasteiger partial charge in [0.05, 0.1) is 0 Å². The minimum Gasteiger partial charge on any atom is -0.481 e. The minimum atomic E-state index is -0.717. The molecule has 2 amide bonds. The molecule has 114 valence electrons. The first-order valence-corrected chi connectivity index (χ1v) is 7.85. The Morgan fingerprint density at radius 1 is 1.10 bits per heavy atom. The fourth-order valence-corrected chi connectivity index (χ4v) is 3.30. The number of urea groups is 1. The quantitative estimate of drug-likeness (QED) is 0.865. The third-order valence-corrected chi connectivity index (χ3v) is 4.70. The van der Waals surface area contributed by atoms with Crippen molar-refractivity contribution in [3.8, 4) is 0 Å². The summed E-state index contributed by atoms with van der Waals surface area (Å²) in [5, 5.41) is 8.71. The van der Waals surface area contributed by atoms with Crippen molar-refractivity contribution in [3.05, 3.63) is 0 Å². The van der Waals surface area contributed by atoms with Gasteiger partial charge in [-0.15, -0.1) is 0 Å². The number of carboxylic acid groups (broad SMARTS) is 1. The van der Waals surface area contributed by atoms with Crippen molar-refractivity contribution in [2.75, 3.05) is 19.6 Å². The summed E-state index contributed by atoms with van der Waals surface area (Å²) in [6.07, 6.45) is 6.34. The second-order valence-electron chi connectivity index (χ2n) is 6.18. The summed E-state index contributed by atoms with van der Waals surface area (Å²) in [5.74, 6) is -0.250. The van der Waals surface area contributed by atoms with Gasteiger partial charge in [0.15, 0.2) is 0 Å². The van der Waals surface area contributed by atoms with Crippen LogP contribution in [0, 0.1) is 5.92 Å². The summed E-state index contributed by atoms with van der Waals surface area (Å²) < 4.78 is 0. The van der Waals surface area contributed by atoms with Gasteiger partial charge in [0.1, 0.15) is 0 Å². The molecule has 5 heteroatoms. The van der Waals surface area contributed by atoms with E-state index in [9.17, 15) is 9.59 Å². The molecule has 0 spiro atoms. The topological polar surface area (TPSA) is 60.9 Å². The molecule has 0 aromatic heterocycles. The highest BCUT2D eigenvalue weighted by atomic mass is 16.4. The number of nitrogens with zero attached hydrogens (tertiary/aromatic N) is 2. The van der Waals surface area contributed by atoms with Gasteiger partial charge in [-0.05, 0) is 51.4 Å². The zero-order chi connectivity index (χ0) is 14.5. The number of amides is 2. The van der Waals surface area contributed by atoms with Crippen molar-refractivity contribution in [2.24, 2.45) is 5.92 Å². The van der Waals surface area contributed by atoms with Crippen molar-refractivity contribution in [3.63, 3.8) is 0 Å². The van der Waals surface area contributed by atoms with E-state index in [2.05, 4.69) is 6.92 Å². The third kappa shape index (κ3) is 3.87. The highest BCUT2D eigenvalue weighted by molar-refractivity contribution is 5.75. The molecule has 2 fully saturated rings. The Balaban J connectivity index is 1.78. The van der Waals surface area contributed by atoms with Crippen molar-refractivity contribution in [2.45, 2.75) is 57.9 Å². The van der Waals surface area contributed by atoms with Gasteiger partial charge in [-0.1, -0.05) is 0 Å². The predicted molar refractivity (Wildman–Crippen MR) is 76.6 cm³/mol. The standard InChI is InChI=1S/C15H26N2O3/c1-12-4-2-3-9-17(12)15(20)16-10-7-13(8-11-16)5-6-14(18)19/h12-13H,2-11H2,1H3,(H,18,19). The number of likely N-dealkylation sites (tertiary alicyclic amines) is 2. The molecule has 2 aliphatic rings. The lowest BCUT2D eigenvalue weighted by atomic mass is 9.92. The van der Waals surface area contributed by atoms with Crippen LogP contribution in [0.4, 0.5) is 4.79 Å². The van der Waals surface area contributed by atoms with E-state index in [1.165, 1.54) is 6.42 Å². The molecule has 5 nitrogen and oxygen atoms in total. The number of aliphatic carboxylic acids is 1. The number of carbonyl (C=O) groups excluding carboxylic acids is 1. The minimum absolute atomic E-state index is 0.189. The average molecular weight is 282 g/mol. The molecule has 0 aromatic carbocycles. The number of hydrogen-bond donors (Lipinski definition) is 1. The van der Waals surface area contributed by atoms with Crippen LogP contribution in [0.15, 0.2) is 0 Å². The Hall–Kier alpha value is -1.26. The lowest BCUT2D eigenvalue weighted by Crippen LogP contribution is -2.51. The average Bonchev–Trinajstić information content (AvgIpc) is 2.45. The number of hydrogen-bond acceptors (Lipinski definition) is 2. The largest absolute Gasteiger partial charge is 0.481 e. The van der Waals surface area contributed by atoms with Crippen LogP contribution in [0.2, 0.25) is 0 Å². The fourth-order valence-electron chi connectivity index (χ4n) is 3.30. The van der Waals surface area contributed by atoms with Crippen LogP contribution in [0.25, 0.3) is 0 Å². The van der Waals surface area contributed by atoms with E-state index < -0.39 is 5.97 Å². The summed E-state index contributed by atoms with van der Waals surface area (Å²) in [7, 11) is 0. The molecule has 1 unspecified atom stereocenters. The number of carbonyl (C=O) groups is 2. The van der Waals surface area contributed by atoms with E-state index in [1.807, 2.05) is 9.80 Å². The van der Waals surface area contributed by atoms with Crippen LogP contribution >= 0.6 is 0 Å². The molecule has 2 saturated heterocycles. The van der Waals surface area contributed by atoms with E-state index in [0.29, 0.717) is 12.0 Å². The second-order valence-corrected chi connectivity index (χ2v) is 6.18. The summed E-state index contributed by atoms with van der Waals surface area (Å²) in [6.45, 7) is 4.59. The van der Waals surface area contributed by atoms with Crippen LogP contribution in [0.3, 0.4) is 0 Å².